The van der Waals surface area contributed by atoms with E-state index in [9.17, 15) is 13.0 Å². The summed E-state index contributed by atoms with van der Waals surface area (Å²) in [6.45, 7) is 2.27. The zero-order chi connectivity index (χ0) is 22.4. The average molecular weight is 491 g/mol. The maximum absolute atomic E-state index is 11.7. The predicted molar refractivity (Wildman–Crippen MR) is 130 cm³/mol. The fourth-order valence-electron chi connectivity index (χ4n) is 4.55. The Labute approximate surface area is 239 Å². The molecule has 1 aliphatic rings. The largest absolute Gasteiger partial charge is 1.00 e. The average Bonchev–Trinajstić information content (AvgIpc) is 3.12. The zero-order valence-electron chi connectivity index (χ0n) is 20.5. The van der Waals surface area contributed by atoms with Gasteiger partial charge in [0.2, 0.25) is 0 Å². The first kappa shape index (κ1) is 30.4. The normalized spacial score (nSPS) is 15.3. The number of unbranched alkanes of at least 4 members (excludes halogenated alkanes) is 15. The van der Waals surface area contributed by atoms with Crippen LogP contribution in [0.4, 0.5) is 11.4 Å². The van der Waals surface area contributed by atoms with E-state index in [1.807, 2.05) is 12.1 Å². The van der Waals surface area contributed by atoms with E-state index in [1.165, 1.54) is 89.9 Å². The number of nitrogens with one attached hydrogen (secondary N) is 1. The summed E-state index contributed by atoms with van der Waals surface area (Å²) in [4.78, 5) is 0. The van der Waals surface area contributed by atoms with Gasteiger partial charge in [-0.05, 0) is 25.0 Å². The van der Waals surface area contributed by atoms with Gasteiger partial charge in [0, 0.05) is 0 Å². The monoisotopic (exact) mass is 490 g/mol. The third-order valence-electron chi connectivity index (χ3n) is 6.32. The van der Waals surface area contributed by atoms with Gasteiger partial charge in [0.15, 0.2) is 10.3 Å². The van der Waals surface area contributed by atoms with Gasteiger partial charge in [0.1, 0.15) is 6.17 Å². The molecule has 0 aromatic heterocycles. The molecule has 1 N–H and O–H groups in total. The summed E-state index contributed by atoms with van der Waals surface area (Å²) in [5.74, 6) is 0. The molecule has 1 aromatic carbocycles. The third-order valence-corrected chi connectivity index (χ3v) is 7.25. The van der Waals surface area contributed by atoms with E-state index >= 15 is 0 Å². The molecule has 0 bridgehead atoms. The molecule has 1 aliphatic heterocycles. The molecule has 0 radical (unpaired) electrons. The van der Waals surface area contributed by atoms with Crippen molar-refractivity contribution < 1.29 is 64.4 Å². The second kappa shape index (κ2) is 17.8. The van der Waals surface area contributed by atoms with Gasteiger partial charge in [-0.25, -0.2) is 8.42 Å². The molecular weight excluding hydrogens is 447 g/mol. The molecule has 1 unspecified atom stereocenters. The summed E-state index contributed by atoms with van der Waals surface area (Å²) in [6, 6.07) is 7.11. The van der Waals surface area contributed by atoms with Gasteiger partial charge < -0.3 is 9.87 Å². The van der Waals surface area contributed by atoms with E-state index in [2.05, 4.69) is 12.2 Å². The van der Waals surface area contributed by atoms with E-state index in [1.54, 1.807) is 12.1 Å². The van der Waals surface area contributed by atoms with Crippen molar-refractivity contribution in [2.24, 2.45) is 0 Å². The van der Waals surface area contributed by atoms with Crippen molar-refractivity contribution in [2.75, 3.05) is 9.62 Å². The second-order valence-corrected chi connectivity index (χ2v) is 10.3. The first-order valence-electron chi connectivity index (χ1n) is 12.6. The maximum Gasteiger partial charge on any atom is 1.00 e. The van der Waals surface area contributed by atoms with Crippen LogP contribution in [-0.2, 0) is 10.3 Å². The fourth-order valence-corrected chi connectivity index (χ4v) is 5.42. The van der Waals surface area contributed by atoms with Crippen molar-refractivity contribution in [1.29, 1.82) is 0 Å². The molecule has 0 saturated heterocycles. The summed E-state index contributed by atoms with van der Waals surface area (Å²) < 4.78 is 36.1. The number of benzene rings is 1. The van der Waals surface area contributed by atoms with Crippen molar-refractivity contribution in [3.8, 4) is 0 Å². The van der Waals surface area contributed by atoms with E-state index in [0.717, 1.165) is 22.8 Å². The van der Waals surface area contributed by atoms with E-state index < -0.39 is 16.5 Å². The Morgan fingerprint density at radius 3 is 1.69 bits per heavy atom. The number of hydrogen-bond donors (Lipinski definition) is 1. The Kier molecular flexibility index (Phi) is 16.9. The van der Waals surface area contributed by atoms with Crippen LogP contribution in [0.3, 0.4) is 0 Å². The van der Waals surface area contributed by atoms with E-state index in [-0.39, 0.29) is 51.4 Å². The van der Waals surface area contributed by atoms with Crippen LogP contribution in [-0.4, -0.2) is 19.1 Å². The van der Waals surface area contributed by atoms with E-state index in [0.29, 0.717) is 12.1 Å². The smallest absolute Gasteiger partial charge is 0.731 e. The van der Waals surface area contributed by atoms with Crippen LogP contribution in [0, 0.1) is 0 Å². The molecule has 178 valence electrons. The standard InChI is InChI=1S/C25H44N2O3S.K/c1-2-3-4-5-6-7-8-9-10-11-12-13-14-15-16-17-22-25-26-23-20-18-19-21-24(23)27(25)31(28,29)30;/h18-21,25-26H,2-17,22H2,1H3,(H,28,29,30);/q;+1/p-1. The molecule has 5 nitrogen and oxygen atoms in total. The molecule has 0 amide bonds. The van der Waals surface area contributed by atoms with Crippen LogP contribution < -0.4 is 61.0 Å². The van der Waals surface area contributed by atoms with Gasteiger partial charge in [0.05, 0.1) is 11.4 Å². The van der Waals surface area contributed by atoms with Crippen LogP contribution in [0.15, 0.2) is 24.3 Å². The Morgan fingerprint density at radius 2 is 1.22 bits per heavy atom. The van der Waals surface area contributed by atoms with Crippen molar-refractivity contribution >= 4 is 21.7 Å². The molecule has 1 heterocycles. The number of rotatable bonds is 18. The van der Waals surface area contributed by atoms with Gasteiger partial charge >= 0.3 is 51.4 Å². The molecular formula is C25H43KN2O3S. The number of para-hydroxylation sites is 2. The first-order valence-corrected chi connectivity index (χ1v) is 14.0. The van der Waals surface area contributed by atoms with Gasteiger partial charge in [-0.3, -0.25) is 4.31 Å². The molecule has 0 fully saturated rings. The van der Waals surface area contributed by atoms with Crippen molar-refractivity contribution in [1.82, 2.24) is 0 Å². The Hall–Kier alpha value is 0.366. The number of anilines is 2. The molecule has 0 aliphatic carbocycles. The predicted octanol–water partition coefficient (Wildman–Crippen LogP) is 4.36. The van der Waals surface area contributed by atoms with Crippen molar-refractivity contribution in [3.05, 3.63) is 24.3 Å². The van der Waals surface area contributed by atoms with Crippen LogP contribution in [0.25, 0.3) is 0 Å². The molecule has 7 heteroatoms. The van der Waals surface area contributed by atoms with Crippen LogP contribution in [0.1, 0.15) is 116 Å². The summed E-state index contributed by atoms with van der Waals surface area (Å²) in [5, 5.41) is 3.19. The molecule has 32 heavy (non-hydrogen) atoms. The van der Waals surface area contributed by atoms with Gasteiger partial charge in [-0.1, -0.05) is 115 Å². The topological polar surface area (TPSA) is 72.5 Å². The summed E-state index contributed by atoms with van der Waals surface area (Å²) in [7, 11) is -4.52. The SMILES string of the molecule is CCCCCCCCCCCCCCCCCCC1Nc2ccccc2N1S(=O)(=O)[O-].[K+]. The Bertz CT molecular complexity index is 715. The Morgan fingerprint density at radius 1 is 0.781 bits per heavy atom. The minimum atomic E-state index is -4.52. The minimum Gasteiger partial charge on any atom is -0.731 e. The second-order valence-electron chi connectivity index (χ2n) is 9.02. The van der Waals surface area contributed by atoms with Gasteiger partial charge in [-0.15, -0.1) is 0 Å². The molecule has 0 saturated carbocycles. The fraction of sp³-hybridized carbons (Fsp3) is 0.760. The number of nitrogens with zero attached hydrogens (tertiary/aromatic N) is 1. The molecule has 0 spiro atoms. The molecule has 1 atom stereocenters. The number of hydrogen-bond acceptors (Lipinski definition) is 4. The van der Waals surface area contributed by atoms with Crippen LogP contribution >= 0.6 is 0 Å². The zero-order valence-corrected chi connectivity index (χ0v) is 24.4. The number of fused-ring (bicyclic) bond motifs is 1. The minimum absolute atomic E-state index is 0. The van der Waals surface area contributed by atoms with Crippen LogP contribution in [0.5, 0.6) is 0 Å². The summed E-state index contributed by atoms with van der Waals surface area (Å²) >= 11 is 0. The summed E-state index contributed by atoms with van der Waals surface area (Å²) in [5.41, 5.74) is 1.20. The van der Waals surface area contributed by atoms with E-state index in [4.69, 9.17) is 0 Å². The summed E-state index contributed by atoms with van der Waals surface area (Å²) in [6.07, 6.45) is 21.2. The first-order chi connectivity index (χ1) is 15.0. The quantitative estimate of drug-likeness (QED) is 0.188. The maximum atomic E-state index is 11.7. The molecule has 2 rings (SSSR count). The van der Waals surface area contributed by atoms with Gasteiger partial charge in [0.25, 0.3) is 0 Å². The Balaban J connectivity index is 0.00000512. The van der Waals surface area contributed by atoms with Gasteiger partial charge in [-0.2, -0.15) is 0 Å². The van der Waals surface area contributed by atoms with Crippen LogP contribution in [0.2, 0.25) is 0 Å². The van der Waals surface area contributed by atoms with Crippen molar-refractivity contribution in [2.45, 2.75) is 122 Å². The molecule has 1 aromatic rings. The third kappa shape index (κ3) is 11.7. The van der Waals surface area contributed by atoms with Crippen molar-refractivity contribution in [3.63, 3.8) is 0 Å².